The molecule has 6 nitrogen and oxygen atoms in total. The number of Topliss-reactive ketones (excluding diaryl/α,β-unsaturated/α-hetero) is 1. The van der Waals surface area contributed by atoms with Gasteiger partial charge in [0.05, 0.1) is 18.7 Å². The smallest absolute Gasteiger partial charge is 0.224 e. The van der Waals surface area contributed by atoms with Crippen LogP contribution in [0.3, 0.4) is 0 Å². The fourth-order valence-corrected chi connectivity index (χ4v) is 5.09. The quantitative estimate of drug-likeness (QED) is 0.785. The second-order valence-electron chi connectivity index (χ2n) is 9.41. The molecule has 4 rings (SSSR count). The van der Waals surface area contributed by atoms with Crippen LogP contribution >= 0.6 is 0 Å². The van der Waals surface area contributed by atoms with Crippen molar-refractivity contribution in [1.82, 2.24) is 20.1 Å². The van der Waals surface area contributed by atoms with E-state index in [1.54, 1.807) is 0 Å². The lowest BCUT2D eigenvalue weighted by atomic mass is 9.75. The average Bonchev–Trinajstić information content (AvgIpc) is 3.30. The van der Waals surface area contributed by atoms with Crippen LogP contribution in [0.2, 0.25) is 0 Å². The number of carbonyl (C=O) groups is 2. The molecule has 2 N–H and O–H groups in total. The van der Waals surface area contributed by atoms with E-state index in [2.05, 4.69) is 47.8 Å². The van der Waals surface area contributed by atoms with Crippen LogP contribution in [0.4, 0.5) is 0 Å². The van der Waals surface area contributed by atoms with Crippen LogP contribution in [-0.4, -0.2) is 26.5 Å². The van der Waals surface area contributed by atoms with Crippen LogP contribution < -0.4 is 5.32 Å². The van der Waals surface area contributed by atoms with Crippen LogP contribution in [0, 0.1) is 12.3 Å². The first-order chi connectivity index (χ1) is 13.8. The van der Waals surface area contributed by atoms with Crippen molar-refractivity contribution in [3.8, 4) is 0 Å². The van der Waals surface area contributed by atoms with Crippen molar-refractivity contribution in [2.75, 3.05) is 0 Å². The zero-order chi connectivity index (χ0) is 20.8. The Morgan fingerprint density at radius 2 is 2.07 bits per heavy atom. The Balaban J connectivity index is 1.55. The van der Waals surface area contributed by atoms with Crippen molar-refractivity contribution >= 4 is 11.7 Å². The summed E-state index contributed by atoms with van der Waals surface area (Å²) >= 11 is 0. The number of nitrogens with zero attached hydrogens (tertiary/aromatic N) is 2. The molecule has 0 aromatic carbocycles. The van der Waals surface area contributed by atoms with Crippen LogP contribution in [0.5, 0.6) is 0 Å². The number of aromatic amines is 1. The highest BCUT2D eigenvalue weighted by atomic mass is 16.1. The second kappa shape index (κ2) is 7.47. The van der Waals surface area contributed by atoms with Gasteiger partial charge in [0.1, 0.15) is 0 Å². The van der Waals surface area contributed by atoms with Crippen LogP contribution in [0.25, 0.3) is 0 Å². The molecule has 0 spiro atoms. The third-order valence-corrected chi connectivity index (χ3v) is 6.45. The van der Waals surface area contributed by atoms with Crippen molar-refractivity contribution in [3.63, 3.8) is 0 Å². The summed E-state index contributed by atoms with van der Waals surface area (Å²) in [5.41, 5.74) is 7.32. The van der Waals surface area contributed by atoms with Crippen molar-refractivity contribution in [1.29, 1.82) is 0 Å². The SMILES string of the molecule is CCCn1c(C)c(CC(=O)NCc2n[nH]c3c2CCC3)c2c1CC(C)(C)CC2=O. The number of hydrogen-bond donors (Lipinski definition) is 2. The first-order valence-corrected chi connectivity index (χ1v) is 10.9. The van der Waals surface area contributed by atoms with Crippen LogP contribution in [0.15, 0.2) is 0 Å². The first-order valence-electron chi connectivity index (χ1n) is 10.9. The molecule has 2 aromatic heterocycles. The molecule has 6 heteroatoms. The standard InChI is InChI=1S/C23H32N4O2/c1-5-9-27-14(2)16(22-19(27)11-23(3,4)12-20(22)28)10-21(29)24-13-18-15-7-6-8-17(15)25-26-18/h5-13H2,1-4H3,(H,24,29)(H,25,26). The van der Waals surface area contributed by atoms with Gasteiger partial charge in [-0.2, -0.15) is 5.10 Å². The first kappa shape index (κ1) is 19.9. The highest BCUT2D eigenvalue weighted by Crippen LogP contribution is 2.39. The van der Waals surface area contributed by atoms with Gasteiger partial charge in [-0.15, -0.1) is 0 Å². The Morgan fingerprint density at radius 1 is 1.28 bits per heavy atom. The monoisotopic (exact) mass is 396 g/mol. The maximum atomic E-state index is 13.0. The average molecular weight is 397 g/mol. The van der Waals surface area contributed by atoms with Crippen molar-refractivity contribution in [3.05, 3.63) is 39.5 Å². The molecule has 156 valence electrons. The molecule has 29 heavy (non-hydrogen) atoms. The lowest BCUT2D eigenvalue weighted by molar-refractivity contribution is -0.120. The minimum absolute atomic E-state index is 0.0276. The van der Waals surface area contributed by atoms with Crippen molar-refractivity contribution in [2.24, 2.45) is 5.41 Å². The fourth-order valence-electron chi connectivity index (χ4n) is 5.09. The molecule has 1 amide bonds. The van der Waals surface area contributed by atoms with Crippen molar-refractivity contribution < 1.29 is 9.59 Å². The van der Waals surface area contributed by atoms with E-state index in [1.165, 1.54) is 11.3 Å². The topological polar surface area (TPSA) is 79.8 Å². The predicted molar refractivity (Wildman–Crippen MR) is 112 cm³/mol. The summed E-state index contributed by atoms with van der Waals surface area (Å²) in [6.45, 7) is 9.84. The summed E-state index contributed by atoms with van der Waals surface area (Å²) in [5, 5.41) is 10.5. The van der Waals surface area contributed by atoms with E-state index in [0.717, 1.165) is 66.9 Å². The molecule has 0 atom stereocenters. The van der Waals surface area contributed by atoms with E-state index < -0.39 is 0 Å². The molecule has 0 bridgehead atoms. The summed E-state index contributed by atoms with van der Waals surface area (Å²) in [4.78, 5) is 25.8. The van der Waals surface area contributed by atoms with Gasteiger partial charge in [-0.3, -0.25) is 14.7 Å². The number of H-pyrrole nitrogens is 1. The predicted octanol–water partition coefficient (Wildman–Crippen LogP) is 3.43. The van der Waals surface area contributed by atoms with Gasteiger partial charge in [-0.25, -0.2) is 0 Å². The molecule has 0 saturated heterocycles. The molecule has 0 radical (unpaired) electrons. The summed E-state index contributed by atoms with van der Waals surface area (Å²) in [7, 11) is 0. The lowest BCUT2D eigenvalue weighted by Crippen LogP contribution is -2.29. The van der Waals surface area contributed by atoms with Gasteiger partial charge in [-0.1, -0.05) is 20.8 Å². The van der Waals surface area contributed by atoms with E-state index in [-0.39, 0.29) is 23.5 Å². The van der Waals surface area contributed by atoms with E-state index in [0.29, 0.717) is 13.0 Å². The highest BCUT2D eigenvalue weighted by molar-refractivity contribution is 6.01. The maximum absolute atomic E-state index is 13.0. The maximum Gasteiger partial charge on any atom is 0.224 e. The molecular formula is C23H32N4O2. The van der Waals surface area contributed by atoms with Gasteiger partial charge >= 0.3 is 0 Å². The minimum Gasteiger partial charge on any atom is -0.350 e. The van der Waals surface area contributed by atoms with Gasteiger partial charge in [-0.05, 0) is 55.6 Å². The minimum atomic E-state index is -0.0445. The van der Waals surface area contributed by atoms with E-state index in [4.69, 9.17) is 0 Å². The lowest BCUT2D eigenvalue weighted by Gasteiger charge is -2.30. The molecule has 2 heterocycles. The number of fused-ring (bicyclic) bond motifs is 2. The zero-order valence-corrected chi connectivity index (χ0v) is 18.1. The van der Waals surface area contributed by atoms with E-state index in [9.17, 15) is 9.59 Å². The number of nitrogens with one attached hydrogen (secondary N) is 2. The number of rotatable bonds is 6. The molecule has 2 aromatic rings. The molecule has 2 aliphatic carbocycles. The van der Waals surface area contributed by atoms with E-state index >= 15 is 0 Å². The van der Waals surface area contributed by atoms with Gasteiger partial charge in [0.25, 0.3) is 0 Å². The number of aromatic nitrogens is 3. The number of ketones is 1. The Bertz CT molecular complexity index is 964. The largest absolute Gasteiger partial charge is 0.350 e. The summed E-state index contributed by atoms with van der Waals surface area (Å²) < 4.78 is 2.28. The van der Waals surface area contributed by atoms with Crippen molar-refractivity contribution in [2.45, 2.75) is 85.7 Å². The van der Waals surface area contributed by atoms with Crippen LogP contribution in [0.1, 0.15) is 84.3 Å². The van der Waals surface area contributed by atoms with Gasteiger partial charge < -0.3 is 9.88 Å². The number of aryl methyl sites for hydroxylation is 1. The zero-order valence-electron chi connectivity index (χ0n) is 18.1. The van der Waals surface area contributed by atoms with Gasteiger partial charge in [0.2, 0.25) is 5.91 Å². The van der Waals surface area contributed by atoms with E-state index in [1.807, 2.05) is 0 Å². The molecule has 0 unspecified atom stereocenters. The molecule has 0 aliphatic heterocycles. The van der Waals surface area contributed by atoms with Gasteiger partial charge in [0.15, 0.2) is 5.78 Å². The van der Waals surface area contributed by atoms with Gasteiger partial charge in [0, 0.05) is 35.6 Å². The summed E-state index contributed by atoms with van der Waals surface area (Å²) in [5.74, 6) is 0.138. The number of hydrogen-bond acceptors (Lipinski definition) is 3. The summed E-state index contributed by atoms with van der Waals surface area (Å²) in [6, 6.07) is 0. The molecule has 0 fully saturated rings. The Labute approximate surface area is 172 Å². The third kappa shape index (κ3) is 3.65. The normalized spacial score (nSPS) is 17.3. The second-order valence-corrected chi connectivity index (χ2v) is 9.41. The number of amides is 1. The number of carbonyl (C=O) groups excluding carboxylic acids is 2. The van der Waals surface area contributed by atoms with Crippen LogP contribution in [-0.2, 0) is 43.6 Å². The Hall–Kier alpha value is -2.37. The third-order valence-electron chi connectivity index (χ3n) is 6.45. The fraction of sp³-hybridized carbons (Fsp3) is 0.609. The summed E-state index contributed by atoms with van der Waals surface area (Å²) in [6.07, 6.45) is 5.92. The Kier molecular flexibility index (Phi) is 5.13. The molecule has 0 saturated carbocycles. The Morgan fingerprint density at radius 3 is 2.83 bits per heavy atom. The molecular weight excluding hydrogens is 364 g/mol. The highest BCUT2D eigenvalue weighted by Gasteiger charge is 2.36. The molecule has 2 aliphatic rings.